The molecule has 2 aromatic heterocycles. The molecule has 0 amide bonds. The summed E-state index contributed by atoms with van der Waals surface area (Å²) in [7, 11) is 1.59. The Kier molecular flexibility index (Phi) is 10.3. The predicted octanol–water partition coefficient (Wildman–Crippen LogP) is 5.97. The Morgan fingerprint density at radius 2 is 1.77 bits per heavy atom. The Bertz CT molecular complexity index is 1210. The van der Waals surface area contributed by atoms with Gasteiger partial charge >= 0.3 is 12.1 Å². The molecule has 3 fully saturated rings. The van der Waals surface area contributed by atoms with Gasteiger partial charge in [0, 0.05) is 43.3 Å². The maximum Gasteiger partial charge on any atom is 0.401 e. The van der Waals surface area contributed by atoms with Crippen molar-refractivity contribution in [2.24, 2.45) is 11.8 Å². The third-order valence-corrected chi connectivity index (χ3v) is 9.02. The third kappa shape index (κ3) is 8.74. The van der Waals surface area contributed by atoms with Crippen molar-refractivity contribution in [3.63, 3.8) is 0 Å². The smallest absolute Gasteiger partial charge is 0.401 e. The molecule has 0 bridgehead atoms. The number of pyridine rings is 2. The van der Waals surface area contributed by atoms with Crippen LogP contribution in [0.15, 0.2) is 30.6 Å². The van der Waals surface area contributed by atoms with Crippen LogP contribution in [0, 0.1) is 11.8 Å². The van der Waals surface area contributed by atoms with Crippen LogP contribution in [-0.2, 0) is 9.53 Å². The number of methoxy groups -OCH3 is 1. The number of carbonyl (C=O) groups excluding carboxylic acids is 1. The fourth-order valence-corrected chi connectivity index (χ4v) is 6.53. The number of halogens is 3. The Labute approximate surface area is 251 Å². The van der Waals surface area contributed by atoms with Gasteiger partial charge in [-0.3, -0.25) is 9.69 Å². The lowest BCUT2D eigenvalue weighted by molar-refractivity contribution is -0.148. The van der Waals surface area contributed by atoms with E-state index in [0.29, 0.717) is 69.2 Å². The van der Waals surface area contributed by atoms with Crippen LogP contribution in [0.2, 0.25) is 0 Å². The van der Waals surface area contributed by atoms with E-state index in [0.717, 1.165) is 55.6 Å². The molecule has 3 aliphatic rings. The highest BCUT2D eigenvalue weighted by molar-refractivity contribution is 5.70. The summed E-state index contributed by atoms with van der Waals surface area (Å²) in [5.41, 5.74) is 3.25. The fourth-order valence-electron chi connectivity index (χ4n) is 6.53. The first-order valence-corrected chi connectivity index (χ1v) is 15.5. The summed E-state index contributed by atoms with van der Waals surface area (Å²) in [5.74, 6) is 2.15. The first-order chi connectivity index (χ1) is 20.7. The zero-order valence-electron chi connectivity index (χ0n) is 25.2. The molecular weight excluding hydrogens is 561 g/mol. The zero-order valence-corrected chi connectivity index (χ0v) is 25.2. The molecule has 5 rings (SSSR count). The van der Waals surface area contributed by atoms with Crippen LogP contribution in [0.25, 0.3) is 0 Å². The number of alkyl halides is 3. The summed E-state index contributed by atoms with van der Waals surface area (Å²) in [6.07, 6.45) is 5.33. The van der Waals surface area contributed by atoms with Crippen LogP contribution in [0.5, 0.6) is 11.8 Å². The Hall–Kier alpha value is -3.08. The molecule has 11 heteroatoms. The molecule has 1 aliphatic carbocycles. The average molecular weight is 605 g/mol. The van der Waals surface area contributed by atoms with E-state index in [1.807, 2.05) is 31.3 Å². The van der Waals surface area contributed by atoms with Crippen molar-refractivity contribution in [1.82, 2.24) is 14.9 Å². The van der Waals surface area contributed by atoms with Crippen LogP contribution in [0.4, 0.5) is 18.9 Å². The molecule has 8 nitrogen and oxygen atoms in total. The van der Waals surface area contributed by atoms with Crippen LogP contribution >= 0.6 is 0 Å². The first kappa shape index (κ1) is 31.3. The molecule has 1 atom stereocenters. The van der Waals surface area contributed by atoms with Crippen LogP contribution in [0.1, 0.15) is 74.8 Å². The number of aromatic nitrogens is 2. The third-order valence-electron chi connectivity index (χ3n) is 9.02. The van der Waals surface area contributed by atoms with Gasteiger partial charge in [-0.2, -0.15) is 13.2 Å². The molecule has 2 aromatic rings. The zero-order chi connectivity index (χ0) is 30.4. The van der Waals surface area contributed by atoms with Crippen LogP contribution in [0.3, 0.4) is 0 Å². The van der Waals surface area contributed by atoms with Crippen molar-refractivity contribution < 1.29 is 32.2 Å². The minimum Gasteiger partial charge on any atom is -0.481 e. The van der Waals surface area contributed by atoms with Gasteiger partial charge in [-0.05, 0) is 99.4 Å². The molecule has 0 radical (unpaired) electrons. The van der Waals surface area contributed by atoms with Crippen molar-refractivity contribution in [1.29, 1.82) is 0 Å². The van der Waals surface area contributed by atoms with E-state index in [1.165, 1.54) is 4.90 Å². The van der Waals surface area contributed by atoms with Gasteiger partial charge in [0.1, 0.15) is 0 Å². The quantitative estimate of drug-likeness (QED) is 0.275. The number of piperidine rings is 2. The minimum absolute atomic E-state index is 0.135. The normalized spacial score (nSPS) is 19.7. The topological polar surface area (TPSA) is 77.0 Å². The summed E-state index contributed by atoms with van der Waals surface area (Å²) >= 11 is 0. The molecule has 0 aromatic carbocycles. The lowest BCUT2D eigenvalue weighted by atomic mass is 9.88. The second-order valence-electron chi connectivity index (χ2n) is 12.1. The van der Waals surface area contributed by atoms with E-state index < -0.39 is 12.7 Å². The highest BCUT2D eigenvalue weighted by atomic mass is 19.4. The van der Waals surface area contributed by atoms with Gasteiger partial charge in [-0.25, -0.2) is 9.97 Å². The fraction of sp³-hybridized carbons (Fsp3) is 0.656. The van der Waals surface area contributed by atoms with E-state index >= 15 is 0 Å². The Morgan fingerprint density at radius 3 is 2.42 bits per heavy atom. The second kappa shape index (κ2) is 14.1. The standard InChI is InChI=1S/C32H43F3N4O4/c1-3-42-31(40)17-26(23-4-5-23)25-6-11-36-30(16-25)43-20-22-7-14-39(15-8-22)28-18-29(41-2)37-19-27(28)24-9-12-38(13-10-24)21-32(33,34)35/h6,11,16,18-19,22-24,26H,3-5,7-10,12-15,17,20-21H2,1-2H3/t26-/m0/s1. The number of ether oxygens (including phenoxy) is 3. The highest BCUT2D eigenvalue weighted by Crippen LogP contribution is 2.45. The predicted molar refractivity (Wildman–Crippen MR) is 157 cm³/mol. The Balaban J connectivity index is 1.16. The molecule has 236 valence electrons. The van der Waals surface area contributed by atoms with E-state index in [2.05, 4.69) is 14.9 Å². The van der Waals surface area contributed by atoms with Gasteiger partial charge in [0.05, 0.1) is 33.3 Å². The molecule has 0 N–H and O–H groups in total. The molecule has 2 aliphatic heterocycles. The van der Waals surface area contributed by atoms with E-state index in [1.54, 1.807) is 13.3 Å². The number of likely N-dealkylation sites (tertiary alicyclic amines) is 1. The molecule has 1 saturated carbocycles. The number of hydrogen-bond donors (Lipinski definition) is 0. The SMILES string of the molecule is CCOC(=O)C[C@H](c1ccnc(OCC2CCN(c3cc(OC)ncc3C3CCN(CC(F)(F)F)CC3)CC2)c1)C1CC1. The largest absolute Gasteiger partial charge is 0.481 e. The van der Waals surface area contributed by atoms with E-state index in [9.17, 15) is 18.0 Å². The van der Waals surface area contributed by atoms with Crippen molar-refractivity contribution in [3.8, 4) is 11.8 Å². The summed E-state index contributed by atoms with van der Waals surface area (Å²) in [6.45, 7) is 4.48. The summed E-state index contributed by atoms with van der Waals surface area (Å²) in [4.78, 5) is 24.9. The maximum absolute atomic E-state index is 12.9. The number of rotatable bonds is 12. The highest BCUT2D eigenvalue weighted by Gasteiger charge is 2.35. The number of nitrogens with zero attached hydrogens (tertiary/aromatic N) is 4. The number of carbonyl (C=O) groups is 1. The van der Waals surface area contributed by atoms with Crippen molar-refractivity contribution >= 4 is 11.7 Å². The summed E-state index contributed by atoms with van der Waals surface area (Å²) < 4.78 is 55.4. The van der Waals surface area contributed by atoms with Gasteiger partial charge in [0.15, 0.2) is 0 Å². The molecule has 43 heavy (non-hydrogen) atoms. The number of anilines is 1. The van der Waals surface area contributed by atoms with Gasteiger partial charge in [-0.15, -0.1) is 0 Å². The summed E-state index contributed by atoms with van der Waals surface area (Å²) in [6, 6.07) is 5.93. The number of hydrogen-bond acceptors (Lipinski definition) is 8. The van der Waals surface area contributed by atoms with E-state index in [4.69, 9.17) is 14.2 Å². The van der Waals surface area contributed by atoms with Gasteiger partial charge < -0.3 is 19.1 Å². The van der Waals surface area contributed by atoms with Crippen LogP contribution < -0.4 is 14.4 Å². The average Bonchev–Trinajstić information content (AvgIpc) is 3.84. The molecule has 0 unspecified atom stereocenters. The molecule has 4 heterocycles. The van der Waals surface area contributed by atoms with Crippen molar-refractivity contribution in [3.05, 3.63) is 41.7 Å². The number of esters is 1. The lowest BCUT2D eigenvalue weighted by Crippen LogP contribution is -2.40. The molecule has 2 saturated heterocycles. The molecule has 0 spiro atoms. The monoisotopic (exact) mass is 604 g/mol. The van der Waals surface area contributed by atoms with Gasteiger partial charge in [-0.1, -0.05) is 0 Å². The van der Waals surface area contributed by atoms with Crippen LogP contribution in [-0.4, -0.2) is 80.1 Å². The second-order valence-corrected chi connectivity index (χ2v) is 12.1. The minimum atomic E-state index is -4.17. The first-order valence-electron chi connectivity index (χ1n) is 15.5. The van der Waals surface area contributed by atoms with Gasteiger partial charge in [0.25, 0.3) is 0 Å². The lowest BCUT2D eigenvalue weighted by Gasteiger charge is -2.37. The maximum atomic E-state index is 12.9. The van der Waals surface area contributed by atoms with E-state index in [-0.39, 0.29) is 17.8 Å². The molecular formula is C32H43F3N4O4. The van der Waals surface area contributed by atoms with Crippen molar-refractivity contribution in [2.45, 2.75) is 69.9 Å². The van der Waals surface area contributed by atoms with Gasteiger partial charge in [0.2, 0.25) is 11.8 Å². The Morgan fingerprint density at radius 1 is 1.02 bits per heavy atom. The summed E-state index contributed by atoms with van der Waals surface area (Å²) in [5, 5.41) is 0. The van der Waals surface area contributed by atoms with Crippen molar-refractivity contribution in [2.75, 3.05) is 57.9 Å².